The van der Waals surface area contributed by atoms with E-state index in [1.165, 1.54) is 0 Å². The first kappa shape index (κ1) is 14.2. The number of nitrogens with zero attached hydrogens (tertiary/aromatic N) is 5. The zero-order valence-electron chi connectivity index (χ0n) is 12.5. The molecule has 0 unspecified atom stereocenters. The van der Waals surface area contributed by atoms with Crippen molar-refractivity contribution in [1.82, 2.24) is 24.6 Å². The molecule has 114 valence electrons. The minimum absolute atomic E-state index is 0.00912. The van der Waals surface area contributed by atoms with Crippen molar-refractivity contribution in [2.75, 3.05) is 20.2 Å². The van der Waals surface area contributed by atoms with Gasteiger partial charge < -0.3 is 13.8 Å². The first-order chi connectivity index (χ1) is 10.2. The van der Waals surface area contributed by atoms with Crippen LogP contribution < -0.4 is 0 Å². The summed E-state index contributed by atoms with van der Waals surface area (Å²) in [6.07, 6.45) is 5.84. The van der Waals surface area contributed by atoms with Gasteiger partial charge in [-0.2, -0.15) is 4.98 Å². The largest absolute Gasteiger partial charge is 0.368 e. The van der Waals surface area contributed by atoms with Crippen molar-refractivity contribution >= 4 is 0 Å². The lowest BCUT2D eigenvalue weighted by Gasteiger charge is -2.15. The average molecular weight is 291 g/mol. The molecule has 1 aliphatic rings. The van der Waals surface area contributed by atoms with Crippen LogP contribution in [0.1, 0.15) is 36.5 Å². The van der Waals surface area contributed by atoms with E-state index in [0.29, 0.717) is 18.3 Å². The molecule has 0 amide bonds. The number of ether oxygens (including phenoxy) is 1. The van der Waals surface area contributed by atoms with E-state index >= 15 is 0 Å². The highest BCUT2D eigenvalue weighted by Crippen LogP contribution is 2.26. The summed E-state index contributed by atoms with van der Waals surface area (Å²) in [5.41, 5.74) is 0. The Labute approximate surface area is 123 Å². The van der Waals surface area contributed by atoms with Gasteiger partial charge in [0, 0.05) is 32.1 Å². The third-order valence-electron chi connectivity index (χ3n) is 3.75. The van der Waals surface area contributed by atoms with Gasteiger partial charge in [-0.05, 0) is 26.8 Å². The van der Waals surface area contributed by atoms with Crippen LogP contribution in [0.15, 0.2) is 16.9 Å². The van der Waals surface area contributed by atoms with Gasteiger partial charge in [-0.25, -0.2) is 4.98 Å². The standard InChI is InChI=1S/C14H21N5O2/c1-11-15-5-6-19(11)8-7-18(2)10-13-16-14(21-17-13)12-4-3-9-20-12/h5-6,12H,3-4,7-10H2,1-2H3/t12-/m0/s1. The van der Waals surface area contributed by atoms with Gasteiger partial charge in [0.2, 0.25) is 0 Å². The second kappa shape index (κ2) is 6.36. The first-order valence-corrected chi connectivity index (χ1v) is 7.33. The monoisotopic (exact) mass is 291 g/mol. The molecule has 3 rings (SSSR count). The van der Waals surface area contributed by atoms with E-state index < -0.39 is 0 Å². The highest BCUT2D eigenvalue weighted by atomic mass is 16.5. The minimum Gasteiger partial charge on any atom is -0.368 e. The lowest BCUT2D eigenvalue weighted by atomic mass is 10.2. The molecule has 0 saturated carbocycles. The van der Waals surface area contributed by atoms with Crippen molar-refractivity contribution in [3.05, 3.63) is 29.9 Å². The summed E-state index contributed by atoms with van der Waals surface area (Å²) in [7, 11) is 2.05. The second-order valence-electron chi connectivity index (χ2n) is 5.46. The van der Waals surface area contributed by atoms with Crippen LogP contribution >= 0.6 is 0 Å². The summed E-state index contributed by atoms with van der Waals surface area (Å²) in [4.78, 5) is 10.8. The molecular formula is C14H21N5O2. The molecule has 1 saturated heterocycles. The molecule has 1 atom stereocenters. The maximum Gasteiger partial charge on any atom is 0.255 e. The zero-order chi connectivity index (χ0) is 14.7. The second-order valence-corrected chi connectivity index (χ2v) is 5.46. The van der Waals surface area contributed by atoms with E-state index in [1.54, 1.807) is 0 Å². The molecule has 1 aliphatic heterocycles. The van der Waals surface area contributed by atoms with Crippen LogP contribution in [-0.4, -0.2) is 44.8 Å². The summed E-state index contributed by atoms with van der Waals surface area (Å²) >= 11 is 0. The molecule has 2 aromatic rings. The van der Waals surface area contributed by atoms with Gasteiger partial charge in [0.1, 0.15) is 11.9 Å². The third-order valence-corrected chi connectivity index (χ3v) is 3.75. The molecule has 0 N–H and O–H groups in total. The number of aryl methyl sites for hydroxylation is 1. The normalized spacial score (nSPS) is 18.7. The Kier molecular flexibility index (Phi) is 4.31. The summed E-state index contributed by atoms with van der Waals surface area (Å²) in [5.74, 6) is 2.36. The van der Waals surface area contributed by atoms with Gasteiger partial charge in [0.25, 0.3) is 5.89 Å². The Bertz CT molecular complexity index is 573. The number of aromatic nitrogens is 4. The summed E-state index contributed by atoms with van der Waals surface area (Å²) in [6.45, 7) is 5.27. The molecule has 0 radical (unpaired) electrons. The van der Waals surface area contributed by atoms with Crippen molar-refractivity contribution in [2.24, 2.45) is 0 Å². The quantitative estimate of drug-likeness (QED) is 0.804. The lowest BCUT2D eigenvalue weighted by molar-refractivity contribution is 0.0835. The van der Waals surface area contributed by atoms with Crippen molar-refractivity contribution in [1.29, 1.82) is 0 Å². The Morgan fingerprint density at radius 3 is 3.10 bits per heavy atom. The first-order valence-electron chi connectivity index (χ1n) is 7.33. The van der Waals surface area contributed by atoms with Crippen LogP contribution in [0, 0.1) is 6.92 Å². The van der Waals surface area contributed by atoms with E-state index in [0.717, 1.165) is 38.4 Å². The van der Waals surface area contributed by atoms with Crippen LogP contribution in [0.25, 0.3) is 0 Å². The molecule has 0 bridgehead atoms. The SMILES string of the molecule is Cc1nccn1CCN(C)Cc1noc([C@@H]2CCCO2)n1. The highest BCUT2D eigenvalue weighted by Gasteiger charge is 2.23. The van der Waals surface area contributed by atoms with Gasteiger partial charge in [-0.15, -0.1) is 0 Å². The predicted octanol–water partition coefficient (Wildman–Crippen LogP) is 1.56. The number of rotatable bonds is 6. The van der Waals surface area contributed by atoms with E-state index in [4.69, 9.17) is 9.26 Å². The van der Waals surface area contributed by atoms with Gasteiger partial charge in [0.05, 0.1) is 6.54 Å². The topological polar surface area (TPSA) is 69.2 Å². The van der Waals surface area contributed by atoms with Crippen LogP contribution in [-0.2, 0) is 17.8 Å². The van der Waals surface area contributed by atoms with Gasteiger partial charge in [-0.3, -0.25) is 4.90 Å². The highest BCUT2D eigenvalue weighted by molar-refractivity contribution is 4.92. The maximum absolute atomic E-state index is 5.55. The minimum atomic E-state index is -0.00912. The van der Waals surface area contributed by atoms with E-state index in [1.807, 2.05) is 26.4 Å². The molecule has 7 heteroatoms. The fraction of sp³-hybridized carbons (Fsp3) is 0.643. The van der Waals surface area contributed by atoms with Crippen LogP contribution in [0.3, 0.4) is 0 Å². The number of imidazole rings is 1. The molecule has 0 aliphatic carbocycles. The van der Waals surface area contributed by atoms with Crippen molar-refractivity contribution in [3.63, 3.8) is 0 Å². The van der Waals surface area contributed by atoms with Gasteiger partial charge >= 0.3 is 0 Å². The zero-order valence-corrected chi connectivity index (χ0v) is 12.5. The molecule has 21 heavy (non-hydrogen) atoms. The van der Waals surface area contributed by atoms with Crippen molar-refractivity contribution in [3.8, 4) is 0 Å². The summed E-state index contributed by atoms with van der Waals surface area (Å²) in [5, 5.41) is 4.04. The van der Waals surface area contributed by atoms with Crippen LogP contribution in [0.4, 0.5) is 0 Å². The van der Waals surface area contributed by atoms with E-state index in [9.17, 15) is 0 Å². The smallest absolute Gasteiger partial charge is 0.255 e. The number of hydrogen-bond donors (Lipinski definition) is 0. The van der Waals surface area contributed by atoms with Crippen LogP contribution in [0.2, 0.25) is 0 Å². The maximum atomic E-state index is 5.55. The fourth-order valence-corrected chi connectivity index (χ4v) is 2.47. The van der Waals surface area contributed by atoms with E-state index in [-0.39, 0.29) is 6.10 Å². The van der Waals surface area contributed by atoms with Crippen LogP contribution in [0.5, 0.6) is 0 Å². The Hall–Kier alpha value is -1.73. The average Bonchev–Trinajstić information content (AvgIpc) is 3.17. The molecule has 0 aromatic carbocycles. The molecule has 2 aromatic heterocycles. The molecular weight excluding hydrogens is 270 g/mol. The number of likely N-dealkylation sites (N-methyl/N-ethyl adjacent to an activating group) is 1. The molecule has 1 fully saturated rings. The van der Waals surface area contributed by atoms with Crippen molar-refractivity contribution in [2.45, 2.75) is 39.0 Å². The van der Waals surface area contributed by atoms with Crippen molar-refractivity contribution < 1.29 is 9.26 Å². The number of hydrogen-bond acceptors (Lipinski definition) is 6. The Morgan fingerprint density at radius 2 is 2.38 bits per heavy atom. The lowest BCUT2D eigenvalue weighted by Crippen LogP contribution is -2.23. The Balaban J connectivity index is 1.50. The molecule has 7 nitrogen and oxygen atoms in total. The van der Waals surface area contributed by atoms with Gasteiger partial charge in [0.15, 0.2) is 5.82 Å². The Morgan fingerprint density at radius 1 is 1.48 bits per heavy atom. The summed E-state index contributed by atoms with van der Waals surface area (Å²) < 4.78 is 13.0. The fourth-order valence-electron chi connectivity index (χ4n) is 2.47. The summed E-state index contributed by atoms with van der Waals surface area (Å²) in [6, 6.07) is 0. The van der Waals surface area contributed by atoms with E-state index in [2.05, 4.69) is 24.6 Å². The molecule has 3 heterocycles. The van der Waals surface area contributed by atoms with Gasteiger partial charge in [-0.1, -0.05) is 5.16 Å². The molecule has 0 spiro atoms. The third kappa shape index (κ3) is 3.48. The predicted molar refractivity (Wildman–Crippen MR) is 75.5 cm³/mol.